The average molecular weight is 463 g/mol. The van der Waals surface area contributed by atoms with Gasteiger partial charge >= 0.3 is 12.1 Å². The maximum atomic E-state index is 12.8. The van der Waals surface area contributed by atoms with Crippen LogP contribution >= 0.6 is 34.8 Å². The molecule has 9 nitrogen and oxygen atoms in total. The summed E-state index contributed by atoms with van der Waals surface area (Å²) in [5.74, 6) is -1.05. The van der Waals surface area contributed by atoms with Gasteiger partial charge in [0, 0.05) is 26.7 Å². The first kappa shape index (κ1) is 25.0. The molecule has 1 unspecified atom stereocenters. The van der Waals surface area contributed by atoms with E-state index in [1.165, 1.54) is 12.0 Å². The average Bonchev–Trinajstić information content (AvgIpc) is 2.56. The van der Waals surface area contributed by atoms with E-state index in [1.54, 1.807) is 20.8 Å². The maximum Gasteiger partial charge on any atom is 0.408 e. The number of rotatable bonds is 6. The summed E-state index contributed by atoms with van der Waals surface area (Å²) in [6.07, 6.45) is -0.739. The summed E-state index contributed by atoms with van der Waals surface area (Å²) in [5.41, 5.74) is -0.711. The number of ether oxygens (including phenoxy) is 3. The fourth-order valence-electron chi connectivity index (χ4n) is 2.37. The number of piperazine rings is 1. The molecule has 1 aliphatic rings. The minimum Gasteiger partial charge on any atom is -0.460 e. The lowest BCUT2D eigenvalue weighted by atomic mass is 10.1. The minimum absolute atomic E-state index is 0.0355. The Morgan fingerprint density at radius 1 is 1.25 bits per heavy atom. The molecule has 12 heteroatoms. The number of carbonyl (C=O) groups excluding carboxylic acids is 3. The molecule has 2 atom stereocenters. The van der Waals surface area contributed by atoms with Crippen molar-refractivity contribution in [3.8, 4) is 0 Å². The lowest BCUT2D eigenvalue weighted by Crippen LogP contribution is -2.60. The molecular formula is C16H26Cl3N3O6. The van der Waals surface area contributed by atoms with Gasteiger partial charge in [-0.05, 0) is 20.8 Å². The van der Waals surface area contributed by atoms with Crippen molar-refractivity contribution in [3.05, 3.63) is 0 Å². The van der Waals surface area contributed by atoms with E-state index in [4.69, 9.17) is 49.0 Å². The Labute approximate surface area is 179 Å². The number of hydrogen-bond donors (Lipinski definition) is 2. The maximum absolute atomic E-state index is 12.8. The molecular weight excluding hydrogens is 437 g/mol. The molecule has 162 valence electrons. The first-order valence-corrected chi connectivity index (χ1v) is 9.70. The molecule has 2 amide bonds. The van der Waals surface area contributed by atoms with E-state index in [9.17, 15) is 14.4 Å². The van der Waals surface area contributed by atoms with E-state index in [-0.39, 0.29) is 13.2 Å². The van der Waals surface area contributed by atoms with Gasteiger partial charge in [-0.25, -0.2) is 4.79 Å². The van der Waals surface area contributed by atoms with Crippen LogP contribution in [0.2, 0.25) is 0 Å². The number of esters is 1. The second kappa shape index (κ2) is 10.7. The van der Waals surface area contributed by atoms with E-state index < -0.39 is 46.1 Å². The Morgan fingerprint density at radius 2 is 1.89 bits per heavy atom. The normalized spacial score (nSPS) is 19.0. The third-order valence-electron chi connectivity index (χ3n) is 3.47. The molecule has 2 N–H and O–H groups in total. The number of nitrogens with one attached hydrogen (secondary N) is 2. The van der Waals surface area contributed by atoms with E-state index in [2.05, 4.69) is 10.6 Å². The molecule has 1 rings (SSSR count). The Bertz CT molecular complexity index is 565. The van der Waals surface area contributed by atoms with Crippen LogP contribution in [-0.2, 0) is 23.8 Å². The van der Waals surface area contributed by atoms with E-state index >= 15 is 0 Å². The molecule has 0 bridgehead atoms. The molecule has 0 aliphatic carbocycles. The minimum atomic E-state index is -1.72. The van der Waals surface area contributed by atoms with Crippen LogP contribution in [0.5, 0.6) is 0 Å². The lowest BCUT2D eigenvalue weighted by Gasteiger charge is -2.35. The van der Waals surface area contributed by atoms with Gasteiger partial charge in [0.25, 0.3) is 0 Å². The van der Waals surface area contributed by atoms with Gasteiger partial charge in [-0.2, -0.15) is 0 Å². The fraction of sp³-hybridized carbons (Fsp3) is 0.812. The van der Waals surface area contributed by atoms with Gasteiger partial charge in [-0.3, -0.25) is 9.59 Å². The SMILES string of the molecule is COCC(NC(=O)OC(C)(C)C)C(=O)N1CCN[C@H](C(=O)OCC(Cl)(Cl)Cl)C1. The van der Waals surface area contributed by atoms with E-state index in [0.717, 1.165) is 0 Å². The topological polar surface area (TPSA) is 106 Å². The lowest BCUT2D eigenvalue weighted by molar-refractivity contribution is -0.149. The quantitative estimate of drug-likeness (QED) is 0.452. The number of halogens is 3. The van der Waals surface area contributed by atoms with Crippen LogP contribution in [0.25, 0.3) is 0 Å². The molecule has 0 saturated carbocycles. The van der Waals surface area contributed by atoms with Crippen molar-refractivity contribution >= 4 is 52.8 Å². The zero-order valence-corrected chi connectivity index (χ0v) is 18.5. The Balaban J connectivity index is 2.70. The molecule has 1 fully saturated rings. The van der Waals surface area contributed by atoms with E-state index in [0.29, 0.717) is 13.1 Å². The third kappa shape index (κ3) is 9.47. The smallest absolute Gasteiger partial charge is 0.408 e. The van der Waals surface area contributed by atoms with Gasteiger partial charge in [-0.1, -0.05) is 34.8 Å². The van der Waals surface area contributed by atoms with Crippen molar-refractivity contribution in [2.75, 3.05) is 40.0 Å². The second-order valence-electron chi connectivity index (χ2n) is 7.17. The molecule has 0 aromatic heterocycles. The summed E-state index contributed by atoms with van der Waals surface area (Å²) in [7, 11) is 1.41. The first-order chi connectivity index (χ1) is 12.8. The highest BCUT2D eigenvalue weighted by molar-refractivity contribution is 6.67. The van der Waals surface area contributed by atoms with Crippen LogP contribution in [0.3, 0.4) is 0 Å². The highest BCUT2D eigenvalue weighted by Gasteiger charge is 2.34. The number of alkyl carbamates (subject to hydrolysis) is 1. The fourth-order valence-corrected chi connectivity index (χ4v) is 2.54. The number of alkyl halides is 3. The van der Waals surface area contributed by atoms with Crippen LogP contribution in [0, 0.1) is 0 Å². The zero-order valence-electron chi connectivity index (χ0n) is 16.2. The van der Waals surface area contributed by atoms with Gasteiger partial charge in [0.1, 0.15) is 24.3 Å². The van der Waals surface area contributed by atoms with Crippen LogP contribution < -0.4 is 10.6 Å². The Morgan fingerprint density at radius 3 is 2.43 bits per heavy atom. The number of amides is 2. The first-order valence-electron chi connectivity index (χ1n) is 8.56. The summed E-state index contributed by atoms with van der Waals surface area (Å²) in [5, 5.41) is 5.44. The summed E-state index contributed by atoms with van der Waals surface area (Å²) in [4.78, 5) is 38.4. The molecule has 0 radical (unpaired) electrons. The highest BCUT2D eigenvalue weighted by Crippen LogP contribution is 2.26. The molecule has 0 spiro atoms. The van der Waals surface area contributed by atoms with Crippen molar-refractivity contribution in [1.29, 1.82) is 0 Å². The van der Waals surface area contributed by atoms with Gasteiger partial charge in [0.2, 0.25) is 9.70 Å². The molecule has 1 heterocycles. The van der Waals surface area contributed by atoms with E-state index in [1.807, 2.05) is 0 Å². The van der Waals surface area contributed by atoms with Crippen molar-refractivity contribution in [1.82, 2.24) is 15.5 Å². The summed E-state index contributed by atoms with van der Waals surface area (Å²) >= 11 is 16.7. The Kier molecular flexibility index (Phi) is 9.55. The standard InChI is InChI=1S/C16H26Cl3N3O6/c1-15(2,3)28-14(25)21-11(8-26-4)12(23)22-6-5-20-10(7-22)13(24)27-9-16(17,18)19/h10-11,20H,5-9H2,1-4H3,(H,21,25)/t10-,11?/m0/s1. The molecule has 28 heavy (non-hydrogen) atoms. The van der Waals surface area contributed by atoms with Gasteiger partial charge in [0.15, 0.2) is 0 Å². The molecule has 0 aromatic rings. The Hall–Kier alpha value is -1.00. The van der Waals surface area contributed by atoms with Crippen molar-refractivity contribution in [3.63, 3.8) is 0 Å². The summed E-state index contributed by atoms with van der Waals surface area (Å²) in [6, 6.07) is -1.74. The predicted octanol–water partition coefficient (Wildman–Crippen LogP) is 1.24. The number of methoxy groups -OCH3 is 1. The van der Waals surface area contributed by atoms with Crippen molar-refractivity contribution < 1.29 is 28.6 Å². The number of carbonyl (C=O) groups is 3. The summed E-state index contributed by atoms with van der Waals surface area (Å²) < 4.78 is 13.4. The van der Waals surface area contributed by atoms with Gasteiger partial charge in [0.05, 0.1) is 6.61 Å². The van der Waals surface area contributed by atoms with Crippen LogP contribution in [0.4, 0.5) is 4.79 Å². The van der Waals surface area contributed by atoms with Gasteiger partial charge in [-0.15, -0.1) is 0 Å². The molecule has 1 aliphatic heterocycles. The highest BCUT2D eigenvalue weighted by atomic mass is 35.6. The predicted molar refractivity (Wildman–Crippen MR) is 105 cm³/mol. The monoisotopic (exact) mass is 461 g/mol. The zero-order chi connectivity index (χ0) is 21.5. The number of hydrogen-bond acceptors (Lipinski definition) is 7. The number of nitrogens with zero attached hydrogens (tertiary/aromatic N) is 1. The molecule has 1 saturated heterocycles. The largest absolute Gasteiger partial charge is 0.460 e. The summed E-state index contributed by atoms with van der Waals surface area (Å²) in [6.45, 7) is 5.40. The second-order valence-corrected chi connectivity index (χ2v) is 9.68. The molecule has 0 aromatic carbocycles. The van der Waals surface area contributed by atoms with Crippen LogP contribution in [0.15, 0.2) is 0 Å². The van der Waals surface area contributed by atoms with Crippen LogP contribution in [0.1, 0.15) is 20.8 Å². The van der Waals surface area contributed by atoms with Crippen molar-refractivity contribution in [2.45, 2.75) is 42.2 Å². The van der Waals surface area contributed by atoms with Crippen molar-refractivity contribution in [2.24, 2.45) is 0 Å². The van der Waals surface area contributed by atoms with Crippen LogP contribution in [-0.4, -0.2) is 84.3 Å². The van der Waals surface area contributed by atoms with Gasteiger partial charge < -0.3 is 29.7 Å². The third-order valence-corrected chi connectivity index (χ3v) is 3.80.